The molecule has 0 rings (SSSR count). The van der Waals surface area contributed by atoms with Crippen LogP contribution in [0.4, 0.5) is 43.9 Å². The second-order valence-electron chi connectivity index (χ2n) is 8.85. The molecule has 0 radical (unpaired) electrons. The normalized spacial score (nSPS) is 16.1. The van der Waals surface area contributed by atoms with Crippen molar-refractivity contribution in [2.75, 3.05) is 0 Å². The summed E-state index contributed by atoms with van der Waals surface area (Å²) in [4.78, 5) is 0. The summed E-state index contributed by atoms with van der Waals surface area (Å²) >= 11 is 0. The van der Waals surface area contributed by atoms with Gasteiger partial charge < -0.3 is 0 Å². The third kappa shape index (κ3) is 5.46. The van der Waals surface area contributed by atoms with Crippen LogP contribution in [0, 0.1) is 0 Å². The van der Waals surface area contributed by atoms with Crippen LogP contribution in [0.25, 0.3) is 0 Å². The highest BCUT2D eigenvalue weighted by atomic mass is 28.3. The Morgan fingerprint density at radius 3 is 1.37 bits per heavy atom. The van der Waals surface area contributed by atoms with Gasteiger partial charge in [-0.2, -0.15) is 30.7 Å². The van der Waals surface area contributed by atoms with Gasteiger partial charge in [0.05, 0.1) is 0 Å². The number of hydrogen-bond donors (Lipinski definition) is 0. The van der Waals surface area contributed by atoms with Crippen LogP contribution in [0.15, 0.2) is 0 Å². The molecule has 30 heavy (non-hydrogen) atoms. The Bertz CT molecular complexity index is 504. The lowest BCUT2D eigenvalue weighted by molar-refractivity contribution is -0.304. The van der Waals surface area contributed by atoms with Crippen LogP contribution in [0.2, 0.25) is 16.6 Å². The van der Waals surface area contributed by atoms with Gasteiger partial charge in [0.1, 0.15) is 0 Å². The van der Waals surface area contributed by atoms with Crippen molar-refractivity contribution in [2.45, 2.75) is 120 Å². The van der Waals surface area contributed by atoms with Crippen molar-refractivity contribution in [3.63, 3.8) is 0 Å². The molecule has 0 aliphatic carbocycles. The van der Waals surface area contributed by atoms with Crippen molar-refractivity contribution in [3.8, 4) is 0 Å². The monoisotopic (exact) mass is 478 g/mol. The number of alkyl halides is 10. The summed E-state index contributed by atoms with van der Waals surface area (Å²) in [6, 6.07) is 0. The molecular formula is C19H32F10Si. The van der Waals surface area contributed by atoms with E-state index in [-0.39, 0.29) is 6.42 Å². The SMILES string of the molecule is CC(C)[Si](C(C)C)(C(C)C)C(F)(F)C(F)(F)C(F)(F)C(F)CCCCCC(F)(F)F. The Morgan fingerprint density at radius 2 is 1.03 bits per heavy atom. The summed E-state index contributed by atoms with van der Waals surface area (Å²) in [6.45, 7) is 7.76. The number of halogens is 10. The molecule has 0 N–H and O–H groups in total. The third-order valence-electron chi connectivity index (χ3n) is 6.03. The molecule has 1 unspecified atom stereocenters. The van der Waals surface area contributed by atoms with E-state index < -0.39 is 80.1 Å². The van der Waals surface area contributed by atoms with Crippen LogP contribution in [0.5, 0.6) is 0 Å². The maximum Gasteiger partial charge on any atom is 0.389 e. The first-order valence-corrected chi connectivity index (χ1v) is 12.3. The molecule has 0 amide bonds. The highest BCUT2D eigenvalue weighted by Gasteiger charge is 2.81. The number of hydrogen-bond acceptors (Lipinski definition) is 0. The van der Waals surface area contributed by atoms with Gasteiger partial charge in [-0.25, -0.2) is 13.2 Å². The largest absolute Gasteiger partial charge is 0.389 e. The molecule has 0 bridgehead atoms. The maximum absolute atomic E-state index is 15.2. The molecule has 0 aromatic carbocycles. The van der Waals surface area contributed by atoms with Gasteiger partial charge in [-0.15, -0.1) is 0 Å². The zero-order valence-electron chi connectivity index (χ0n) is 18.1. The van der Waals surface area contributed by atoms with Crippen molar-refractivity contribution in [2.24, 2.45) is 0 Å². The van der Waals surface area contributed by atoms with Crippen molar-refractivity contribution in [1.82, 2.24) is 0 Å². The van der Waals surface area contributed by atoms with Gasteiger partial charge >= 0.3 is 18.0 Å². The second kappa shape index (κ2) is 9.98. The van der Waals surface area contributed by atoms with Crippen LogP contribution in [-0.2, 0) is 0 Å². The molecule has 0 spiro atoms. The lowest BCUT2D eigenvalue weighted by Gasteiger charge is -2.51. The molecule has 0 aliphatic rings. The quantitative estimate of drug-likeness (QED) is 0.149. The van der Waals surface area contributed by atoms with Gasteiger partial charge in [0.15, 0.2) is 14.2 Å². The molecule has 11 heteroatoms. The first-order valence-electron chi connectivity index (χ1n) is 10.0. The van der Waals surface area contributed by atoms with Crippen LogP contribution in [0.1, 0.15) is 73.6 Å². The highest BCUT2D eigenvalue weighted by molar-refractivity contribution is 6.85. The average molecular weight is 479 g/mol. The molecule has 0 nitrogen and oxygen atoms in total. The Kier molecular flexibility index (Phi) is 9.82. The molecule has 0 fully saturated rings. The van der Waals surface area contributed by atoms with Gasteiger partial charge in [-0.1, -0.05) is 54.4 Å². The second-order valence-corrected chi connectivity index (χ2v) is 14.8. The van der Waals surface area contributed by atoms with E-state index in [1.165, 1.54) is 41.5 Å². The minimum Gasteiger partial charge on any atom is -0.241 e. The van der Waals surface area contributed by atoms with E-state index in [2.05, 4.69) is 0 Å². The number of unbranched alkanes of at least 4 members (excludes halogenated alkanes) is 2. The van der Waals surface area contributed by atoms with Crippen molar-refractivity contribution in [1.29, 1.82) is 0 Å². The first kappa shape index (κ1) is 29.5. The van der Waals surface area contributed by atoms with E-state index in [9.17, 15) is 35.1 Å². The Morgan fingerprint density at radius 1 is 0.633 bits per heavy atom. The van der Waals surface area contributed by atoms with E-state index in [0.29, 0.717) is 0 Å². The summed E-state index contributed by atoms with van der Waals surface area (Å²) < 4.78 is 139. The van der Waals surface area contributed by atoms with E-state index in [0.717, 1.165) is 0 Å². The van der Waals surface area contributed by atoms with Crippen molar-refractivity contribution >= 4 is 8.07 Å². The van der Waals surface area contributed by atoms with Gasteiger partial charge in [0.25, 0.3) is 5.55 Å². The summed E-state index contributed by atoms with van der Waals surface area (Å²) in [6.07, 6.45) is -11.9. The van der Waals surface area contributed by atoms with Gasteiger partial charge in [0, 0.05) is 6.42 Å². The van der Waals surface area contributed by atoms with Crippen molar-refractivity contribution in [3.05, 3.63) is 0 Å². The molecule has 0 aromatic heterocycles. The fourth-order valence-corrected chi connectivity index (χ4v) is 11.7. The Balaban J connectivity index is 5.72. The van der Waals surface area contributed by atoms with Crippen LogP contribution >= 0.6 is 0 Å². The zero-order valence-corrected chi connectivity index (χ0v) is 19.1. The Labute approximate surface area is 172 Å². The summed E-state index contributed by atoms with van der Waals surface area (Å²) in [7, 11) is -4.47. The molecule has 0 saturated heterocycles. The molecule has 1 atom stereocenters. The molecular weight excluding hydrogens is 446 g/mol. The molecule has 0 aromatic rings. The molecule has 0 aliphatic heterocycles. The van der Waals surface area contributed by atoms with Crippen LogP contribution < -0.4 is 0 Å². The summed E-state index contributed by atoms with van der Waals surface area (Å²) in [5.74, 6) is -11.6. The average Bonchev–Trinajstić information content (AvgIpc) is 2.51. The highest BCUT2D eigenvalue weighted by Crippen LogP contribution is 2.60. The van der Waals surface area contributed by atoms with E-state index >= 15 is 8.78 Å². The van der Waals surface area contributed by atoms with Crippen LogP contribution in [-0.4, -0.2) is 37.8 Å². The standard InChI is InChI=1S/C19H32F10Si/c1-12(2)30(13(3)4,14(5)6)19(28,29)18(26,27)17(24,25)15(20)10-8-7-9-11-16(21,22)23/h12-15H,7-11H2,1-6H3. The van der Waals surface area contributed by atoms with Gasteiger partial charge in [-0.3, -0.25) is 0 Å². The summed E-state index contributed by atoms with van der Waals surface area (Å²) in [5, 5.41) is 0. The fraction of sp³-hybridized carbons (Fsp3) is 1.00. The topological polar surface area (TPSA) is 0 Å². The Hall–Kier alpha value is -0.483. The summed E-state index contributed by atoms with van der Waals surface area (Å²) in [5.41, 5.74) is -8.08. The predicted octanol–water partition coefficient (Wildman–Crippen LogP) is 8.96. The number of rotatable bonds is 12. The predicted molar refractivity (Wildman–Crippen MR) is 99.9 cm³/mol. The smallest absolute Gasteiger partial charge is 0.241 e. The van der Waals surface area contributed by atoms with E-state index in [1.54, 1.807) is 0 Å². The molecule has 182 valence electrons. The van der Waals surface area contributed by atoms with Crippen molar-refractivity contribution < 1.29 is 43.9 Å². The van der Waals surface area contributed by atoms with Crippen LogP contribution in [0.3, 0.4) is 0 Å². The lowest BCUT2D eigenvalue weighted by Crippen LogP contribution is -2.72. The zero-order chi connectivity index (χ0) is 24.3. The van der Waals surface area contributed by atoms with E-state index in [1.807, 2.05) is 0 Å². The van der Waals surface area contributed by atoms with Gasteiger partial charge in [0.2, 0.25) is 0 Å². The molecule has 0 saturated carbocycles. The van der Waals surface area contributed by atoms with Gasteiger partial charge in [-0.05, 0) is 29.5 Å². The minimum absolute atomic E-state index is 0.333. The third-order valence-corrected chi connectivity index (χ3v) is 13.2. The minimum atomic E-state index is -5.93. The first-order chi connectivity index (χ1) is 13.2. The molecule has 0 heterocycles. The lowest BCUT2D eigenvalue weighted by atomic mass is 10.0. The van der Waals surface area contributed by atoms with E-state index in [4.69, 9.17) is 0 Å². The maximum atomic E-state index is 15.2. The fourth-order valence-electron chi connectivity index (χ4n) is 4.77.